The number of hydrogen-bond donors (Lipinski definition) is 19. The average Bonchev–Trinajstić information content (AvgIpc) is 3.30. The Balaban J connectivity index is 0.00000180. The predicted molar refractivity (Wildman–Crippen MR) is 219 cm³/mol. The van der Waals surface area contributed by atoms with E-state index in [4.69, 9.17) is 48.1 Å². The topological polar surface area (TPSA) is 459 Å². The summed E-state index contributed by atoms with van der Waals surface area (Å²) < 4.78 is 48.9. The van der Waals surface area contributed by atoms with Crippen molar-refractivity contribution in [2.24, 2.45) is 0 Å². The molecule has 4 heterocycles. The standard InChI is InChI=1S/C35H61NO25.C2H5IO2/c1-9(13(42)5-38)54-32-27(52)23(48)31(15(7-40)57-32)61-35-28(53)24(49)30(16(8-41)58-35)60-33-25(50)20(45)17(10(2)55-33)36-12-3-11(4-37)29(22(47)18(12)43)59-34-26(51)21(46)19(44)14(6-39)56-34;1-2(4)5-3/h3,9-10,12-53H,4-8H2,1-2H3;2,4H,1H3. The zero-order chi connectivity index (χ0) is 49.5. The molecule has 0 aromatic rings. The molecule has 4 fully saturated rings. The van der Waals surface area contributed by atoms with E-state index in [1.165, 1.54) is 19.9 Å². The maximum Gasteiger partial charge on any atom is 0.187 e. The molecule has 27 atom stereocenters. The molecular weight excluding hydrogens is 1020 g/mol. The molecule has 66 heavy (non-hydrogen) atoms. The van der Waals surface area contributed by atoms with E-state index in [2.05, 4.69) is 8.38 Å². The van der Waals surface area contributed by atoms with Gasteiger partial charge >= 0.3 is 0 Å². The minimum absolute atomic E-state index is 0.0635. The van der Waals surface area contributed by atoms with Gasteiger partial charge in [-0.3, -0.25) is 3.07 Å². The lowest BCUT2D eigenvalue weighted by molar-refractivity contribution is -0.378. The summed E-state index contributed by atoms with van der Waals surface area (Å²) >= 11 is 1.63. The van der Waals surface area contributed by atoms with Gasteiger partial charge in [0, 0.05) is 0 Å². The number of ether oxygens (including phenoxy) is 8. The molecule has 28 nitrogen and oxygen atoms in total. The summed E-state index contributed by atoms with van der Waals surface area (Å²) in [7, 11) is 0. The van der Waals surface area contributed by atoms with Crippen molar-refractivity contribution < 1.29 is 133 Å². The number of aliphatic hydroxyl groups is 18. The van der Waals surface area contributed by atoms with Crippen LogP contribution in [0.3, 0.4) is 0 Å². The van der Waals surface area contributed by atoms with E-state index in [9.17, 15) is 81.7 Å². The van der Waals surface area contributed by atoms with Gasteiger partial charge in [0.15, 0.2) is 31.5 Å². The van der Waals surface area contributed by atoms with Crippen LogP contribution in [0.4, 0.5) is 0 Å². The van der Waals surface area contributed by atoms with Crippen LogP contribution in [0.25, 0.3) is 0 Å². The van der Waals surface area contributed by atoms with Crippen molar-refractivity contribution in [3.63, 3.8) is 0 Å². The molecule has 1 aliphatic carbocycles. The highest BCUT2D eigenvalue weighted by molar-refractivity contribution is 14.1. The molecule has 0 aromatic heterocycles. The molecular formula is C37H66INO27. The fourth-order valence-corrected chi connectivity index (χ4v) is 7.84. The van der Waals surface area contributed by atoms with Crippen molar-refractivity contribution in [1.29, 1.82) is 0 Å². The summed E-state index contributed by atoms with van der Waals surface area (Å²) in [5, 5.41) is 189. The third-order valence-electron chi connectivity index (χ3n) is 11.8. The lowest BCUT2D eigenvalue weighted by Crippen LogP contribution is -2.68. The minimum atomic E-state index is -2.03. The van der Waals surface area contributed by atoms with Gasteiger partial charge in [-0.15, -0.1) is 0 Å². The Kier molecular flexibility index (Phi) is 23.0. The van der Waals surface area contributed by atoms with Gasteiger partial charge in [0.1, 0.15) is 133 Å². The molecule has 0 amide bonds. The monoisotopic (exact) mass is 1080 g/mol. The lowest BCUT2D eigenvalue weighted by atomic mass is 9.86. The van der Waals surface area contributed by atoms with E-state index in [-0.39, 0.29) is 5.57 Å². The van der Waals surface area contributed by atoms with Gasteiger partial charge in [0.05, 0.1) is 57.3 Å². The third kappa shape index (κ3) is 13.4. The second-order valence-corrected chi connectivity index (χ2v) is 16.9. The van der Waals surface area contributed by atoms with Crippen molar-refractivity contribution in [2.75, 3.05) is 33.0 Å². The molecule has 27 unspecified atom stereocenters. The molecule has 0 bridgehead atoms. The molecule has 0 aromatic carbocycles. The highest BCUT2D eigenvalue weighted by Crippen LogP contribution is 2.34. The van der Waals surface area contributed by atoms with Gasteiger partial charge in [-0.1, -0.05) is 6.08 Å². The summed E-state index contributed by atoms with van der Waals surface area (Å²) in [5.74, 6) is 0. The maximum absolute atomic E-state index is 11.2. The SMILES string of the molecule is CC(O)OI.CC(OC1OC(CO)C(OC2OC(CO)C(OC3OC(C)C(NC4C=C(CO)C(OC5OC(CO)C(O)C(O)C5O)C(O)C4O)C(O)C3O)C(O)C2O)C(O)C1O)C(O)CO. The second-order valence-electron chi connectivity index (χ2n) is 16.4. The highest BCUT2D eigenvalue weighted by atomic mass is 127. The van der Waals surface area contributed by atoms with Crippen LogP contribution in [0, 0.1) is 0 Å². The van der Waals surface area contributed by atoms with E-state index in [1.807, 2.05) is 0 Å². The quantitative estimate of drug-likeness (QED) is 0.0365. The van der Waals surface area contributed by atoms with Crippen LogP contribution in [0.15, 0.2) is 11.6 Å². The molecule has 4 saturated heterocycles. The molecule has 388 valence electrons. The van der Waals surface area contributed by atoms with Crippen molar-refractivity contribution in [2.45, 2.75) is 186 Å². The smallest absolute Gasteiger partial charge is 0.187 e. The third-order valence-corrected chi connectivity index (χ3v) is 12.5. The van der Waals surface area contributed by atoms with Crippen LogP contribution < -0.4 is 5.32 Å². The van der Waals surface area contributed by atoms with Crippen LogP contribution in [-0.2, 0) is 41.0 Å². The molecule has 0 spiro atoms. The molecule has 19 N–H and O–H groups in total. The number of hydrogen-bond acceptors (Lipinski definition) is 28. The van der Waals surface area contributed by atoms with Crippen molar-refractivity contribution in [3.8, 4) is 0 Å². The van der Waals surface area contributed by atoms with Gasteiger partial charge in [-0.05, 0) is 26.3 Å². The van der Waals surface area contributed by atoms with Crippen molar-refractivity contribution in [1.82, 2.24) is 5.32 Å². The lowest BCUT2D eigenvalue weighted by Gasteiger charge is -2.49. The predicted octanol–water partition coefficient (Wildman–Crippen LogP) is -10.3. The largest absolute Gasteiger partial charge is 0.394 e. The Labute approximate surface area is 391 Å². The minimum Gasteiger partial charge on any atom is -0.394 e. The number of nitrogens with one attached hydrogen (secondary N) is 1. The van der Waals surface area contributed by atoms with E-state index in [0.717, 1.165) is 0 Å². The zero-order valence-corrected chi connectivity index (χ0v) is 38.0. The zero-order valence-electron chi connectivity index (χ0n) is 35.8. The Bertz CT molecular complexity index is 1460. The summed E-state index contributed by atoms with van der Waals surface area (Å²) in [4.78, 5) is 0. The Morgan fingerprint density at radius 3 is 1.53 bits per heavy atom. The van der Waals surface area contributed by atoms with Gasteiger partial charge in [0.2, 0.25) is 0 Å². The van der Waals surface area contributed by atoms with E-state index < -0.39 is 199 Å². The Hall–Kier alpha value is -0.650. The van der Waals surface area contributed by atoms with Crippen LogP contribution in [0.2, 0.25) is 0 Å². The fraction of sp³-hybridized carbons (Fsp3) is 0.946. The first-order chi connectivity index (χ1) is 31.1. The molecule has 5 aliphatic rings. The van der Waals surface area contributed by atoms with Crippen LogP contribution in [-0.4, -0.2) is 291 Å². The average molecular weight is 1080 g/mol. The van der Waals surface area contributed by atoms with Crippen LogP contribution in [0.1, 0.15) is 20.8 Å². The molecule has 5 rings (SSSR count). The van der Waals surface area contributed by atoms with Gasteiger partial charge < -0.3 is 135 Å². The molecule has 0 saturated carbocycles. The summed E-state index contributed by atoms with van der Waals surface area (Å²) in [5.41, 5.74) is -0.0635. The fourth-order valence-electron chi connectivity index (χ4n) is 7.84. The highest BCUT2D eigenvalue weighted by Gasteiger charge is 2.55. The van der Waals surface area contributed by atoms with E-state index in [0.29, 0.717) is 0 Å². The van der Waals surface area contributed by atoms with Crippen LogP contribution in [0.5, 0.6) is 0 Å². The Morgan fingerprint density at radius 1 is 0.576 bits per heavy atom. The number of aliphatic hydroxyl groups excluding tert-OH is 18. The summed E-state index contributed by atoms with van der Waals surface area (Å²) in [6.45, 7) is 0.339. The molecule has 0 radical (unpaired) electrons. The second kappa shape index (κ2) is 26.2. The van der Waals surface area contributed by atoms with E-state index in [1.54, 1.807) is 29.9 Å². The number of rotatable bonds is 17. The van der Waals surface area contributed by atoms with Gasteiger partial charge in [-0.2, -0.15) is 0 Å². The Morgan fingerprint density at radius 2 is 1.03 bits per heavy atom. The summed E-state index contributed by atoms with van der Waals surface area (Å²) in [6, 6.07) is -2.50. The van der Waals surface area contributed by atoms with E-state index >= 15 is 0 Å². The van der Waals surface area contributed by atoms with Crippen molar-refractivity contribution >= 4 is 23.0 Å². The van der Waals surface area contributed by atoms with Gasteiger partial charge in [0.25, 0.3) is 0 Å². The number of halogens is 1. The summed E-state index contributed by atoms with van der Waals surface area (Å²) in [6.07, 6.45) is -39.6. The van der Waals surface area contributed by atoms with Crippen molar-refractivity contribution in [3.05, 3.63) is 11.6 Å². The van der Waals surface area contributed by atoms with Crippen LogP contribution >= 0.6 is 23.0 Å². The van der Waals surface area contributed by atoms with Gasteiger partial charge in [-0.25, -0.2) is 0 Å². The first-order valence-electron chi connectivity index (χ1n) is 21.0. The first kappa shape index (κ1) is 57.9. The molecule has 4 aliphatic heterocycles. The maximum atomic E-state index is 11.2. The molecule has 29 heteroatoms. The normalized spacial score (nSPS) is 47.0. The first-order valence-corrected chi connectivity index (χ1v) is 21.9.